The molecule has 0 aliphatic carbocycles. The van der Waals surface area contributed by atoms with Crippen LogP contribution in [0.1, 0.15) is 10.4 Å². The minimum Gasteiger partial charge on any atom is -0.496 e. The number of methoxy groups -OCH3 is 1. The molecule has 10 heteroatoms. The molecule has 1 saturated heterocycles. The Labute approximate surface area is 184 Å². The fraction of sp³-hybridized carbons (Fsp3) is 0.316. The normalized spacial score (nSPS) is 15.4. The van der Waals surface area contributed by atoms with Gasteiger partial charge in [0.1, 0.15) is 10.6 Å². The summed E-state index contributed by atoms with van der Waals surface area (Å²) in [5.74, 6) is 0.315. The third-order valence-corrected chi connectivity index (χ3v) is 8.30. The van der Waals surface area contributed by atoms with Gasteiger partial charge in [0, 0.05) is 31.1 Å². The maximum absolute atomic E-state index is 12.9. The molecule has 0 N–H and O–H groups in total. The number of piperazine rings is 1. The summed E-state index contributed by atoms with van der Waals surface area (Å²) in [5.41, 5.74) is 0.458. The van der Waals surface area contributed by atoms with Crippen LogP contribution in [0.5, 0.6) is 5.75 Å². The van der Waals surface area contributed by atoms with Gasteiger partial charge in [0.2, 0.25) is 10.0 Å². The Morgan fingerprint density at radius 2 is 1.79 bits per heavy atom. The molecule has 0 radical (unpaired) electrons. The summed E-state index contributed by atoms with van der Waals surface area (Å²) >= 11 is 13.6. The molecule has 0 bridgehead atoms. The summed E-state index contributed by atoms with van der Waals surface area (Å²) in [6, 6.07) is 9.93. The zero-order valence-electron chi connectivity index (χ0n) is 15.9. The lowest BCUT2D eigenvalue weighted by Crippen LogP contribution is -2.50. The molecule has 0 saturated carbocycles. The van der Waals surface area contributed by atoms with E-state index in [1.54, 1.807) is 28.8 Å². The molecule has 0 unspecified atom stereocenters. The maximum atomic E-state index is 12.9. The lowest BCUT2D eigenvalue weighted by molar-refractivity contribution is 0.0694. The van der Waals surface area contributed by atoms with Crippen LogP contribution in [-0.4, -0.2) is 63.1 Å². The van der Waals surface area contributed by atoms with Crippen molar-refractivity contribution in [3.8, 4) is 5.75 Å². The molecule has 1 heterocycles. The molecule has 0 aromatic heterocycles. The van der Waals surface area contributed by atoms with Crippen LogP contribution in [0.25, 0.3) is 0 Å². The van der Waals surface area contributed by atoms with Crippen molar-refractivity contribution < 1.29 is 17.9 Å². The molecule has 1 aliphatic heterocycles. The Kier molecular flexibility index (Phi) is 7.01. The second-order valence-corrected chi connectivity index (χ2v) is 9.89. The van der Waals surface area contributed by atoms with Gasteiger partial charge in [-0.1, -0.05) is 29.3 Å². The molecule has 2 aromatic rings. The number of carbonyl (C=O) groups is 1. The molecule has 1 amide bonds. The van der Waals surface area contributed by atoms with Gasteiger partial charge in [-0.15, -0.1) is 11.8 Å². The minimum atomic E-state index is -3.80. The topological polar surface area (TPSA) is 66.9 Å². The van der Waals surface area contributed by atoms with Crippen LogP contribution in [-0.2, 0) is 10.0 Å². The van der Waals surface area contributed by atoms with Crippen LogP contribution in [0.15, 0.2) is 46.2 Å². The molecule has 0 spiro atoms. The number of carbonyl (C=O) groups excluding carboxylic acids is 1. The van der Waals surface area contributed by atoms with Gasteiger partial charge in [-0.2, -0.15) is 4.31 Å². The van der Waals surface area contributed by atoms with Crippen molar-refractivity contribution >= 4 is 50.9 Å². The molecule has 29 heavy (non-hydrogen) atoms. The number of hydrogen-bond acceptors (Lipinski definition) is 5. The maximum Gasteiger partial charge on any atom is 0.257 e. The quantitative estimate of drug-likeness (QED) is 0.615. The van der Waals surface area contributed by atoms with Crippen LogP contribution in [0.2, 0.25) is 10.0 Å². The minimum absolute atomic E-state index is 0.00583. The molecule has 6 nitrogen and oxygen atoms in total. The molecule has 3 rings (SSSR count). The standard InChI is InChI=1S/C19H20Cl2N2O4S2/c1-27-16-12-13(28-2)6-7-14(16)19(24)22-8-10-23(11-9-22)29(25,26)17-5-3-4-15(20)18(17)21/h3-7,12H,8-11H2,1-2H3. The zero-order valence-corrected chi connectivity index (χ0v) is 19.0. The molecule has 156 valence electrons. The van der Waals surface area contributed by atoms with Gasteiger partial charge in [0.15, 0.2) is 0 Å². The van der Waals surface area contributed by atoms with Gasteiger partial charge in [-0.05, 0) is 36.6 Å². The largest absolute Gasteiger partial charge is 0.496 e. The zero-order chi connectivity index (χ0) is 21.2. The molecule has 1 fully saturated rings. The number of ether oxygens (including phenoxy) is 1. The number of benzene rings is 2. The first-order valence-electron chi connectivity index (χ1n) is 8.75. The van der Waals surface area contributed by atoms with Crippen LogP contribution < -0.4 is 4.74 Å². The number of hydrogen-bond donors (Lipinski definition) is 0. The lowest BCUT2D eigenvalue weighted by Gasteiger charge is -2.34. The number of nitrogens with zero attached hydrogens (tertiary/aromatic N) is 2. The van der Waals surface area contributed by atoms with Crippen molar-refractivity contribution in [1.29, 1.82) is 0 Å². The first-order chi connectivity index (χ1) is 13.8. The van der Waals surface area contributed by atoms with Crippen LogP contribution in [0.4, 0.5) is 0 Å². The summed E-state index contributed by atoms with van der Waals surface area (Å²) < 4.78 is 32.6. The Hall–Kier alpha value is -1.45. The Balaban J connectivity index is 1.75. The Morgan fingerprint density at radius 3 is 2.41 bits per heavy atom. The monoisotopic (exact) mass is 474 g/mol. The summed E-state index contributed by atoms with van der Waals surface area (Å²) in [6.45, 7) is 0.873. The third-order valence-electron chi connectivity index (χ3n) is 4.70. The van der Waals surface area contributed by atoms with E-state index in [0.717, 1.165) is 4.90 Å². The van der Waals surface area contributed by atoms with Gasteiger partial charge in [-0.25, -0.2) is 8.42 Å². The molecular weight excluding hydrogens is 455 g/mol. The number of amides is 1. The Morgan fingerprint density at radius 1 is 1.10 bits per heavy atom. The SMILES string of the molecule is COc1cc(SC)ccc1C(=O)N1CCN(S(=O)(=O)c2cccc(Cl)c2Cl)CC1. The number of thioether (sulfide) groups is 1. The van der Waals surface area contributed by atoms with Gasteiger partial charge >= 0.3 is 0 Å². The van der Waals surface area contributed by atoms with E-state index in [9.17, 15) is 13.2 Å². The number of rotatable bonds is 5. The van der Waals surface area contributed by atoms with E-state index in [1.165, 1.54) is 23.5 Å². The van der Waals surface area contributed by atoms with E-state index >= 15 is 0 Å². The van der Waals surface area contributed by atoms with Gasteiger partial charge in [0.25, 0.3) is 5.91 Å². The van der Waals surface area contributed by atoms with Crippen molar-refractivity contribution in [2.45, 2.75) is 9.79 Å². The number of halogens is 2. The summed E-state index contributed by atoms with van der Waals surface area (Å²) in [5, 5.41) is 0.189. The van der Waals surface area contributed by atoms with Gasteiger partial charge < -0.3 is 9.64 Å². The molecule has 2 aromatic carbocycles. The summed E-state index contributed by atoms with van der Waals surface area (Å²) in [4.78, 5) is 15.5. The van der Waals surface area contributed by atoms with Crippen molar-refractivity contribution in [2.24, 2.45) is 0 Å². The van der Waals surface area contributed by atoms with Crippen LogP contribution >= 0.6 is 35.0 Å². The van der Waals surface area contributed by atoms with Gasteiger partial charge in [-0.3, -0.25) is 4.79 Å². The van der Waals surface area contributed by atoms with Gasteiger partial charge in [0.05, 0.1) is 22.7 Å². The molecule has 1 aliphatic rings. The fourth-order valence-corrected chi connectivity index (χ4v) is 5.69. The van der Waals surface area contributed by atoms with E-state index in [1.807, 2.05) is 18.4 Å². The average molecular weight is 475 g/mol. The molecular formula is C19H20Cl2N2O4S2. The fourth-order valence-electron chi connectivity index (χ4n) is 3.10. The predicted octanol–water partition coefficient (Wildman–Crippen LogP) is 3.87. The highest BCUT2D eigenvalue weighted by Gasteiger charge is 2.32. The predicted molar refractivity (Wildman–Crippen MR) is 116 cm³/mol. The van der Waals surface area contributed by atoms with Crippen molar-refractivity contribution in [1.82, 2.24) is 9.21 Å². The van der Waals surface area contributed by atoms with E-state index in [4.69, 9.17) is 27.9 Å². The van der Waals surface area contributed by atoms with Crippen molar-refractivity contribution in [3.63, 3.8) is 0 Å². The summed E-state index contributed by atoms with van der Waals surface area (Å²) in [6.07, 6.45) is 1.95. The van der Waals surface area contributed by atoms with Crippen molar-refractivity contribution in [2.75, 3.05) is 39.5 Å². The Bertz CT molecular complexity index is 1020. The smallest absolute Gasteiger partial charge is 0.257 e. The average Bonchev–Trinajstić information content (AvgIpc) is 2.74. The van der Waals surface area contributed by atoms with Crippen molar-refractivity contribution in [3.05, 3.63) is 52.0 Å². The van der Waals surface area contributed by atoms with Crippen LogP contribution in [0.3, 0.4) is 0 Å². The first kappa shape index (κ1) is 22.2. The van der Waals surface area contributed by atoms with Crippen LogP contribution in [0, 0.1) is 0 Å². The number of sulfonamides is 1. The highest BCUT2D eigenvalue weighted by Crippen LogP contribution is 2.32. The highest BCUT2D eigenvalue weighted by atomic mass is 35.5. The van der Waals surface area contributed by atoms with E-state index in [0.29, 0.717) is 11.3 Å². The highest BCUT2D eigenvalue weighted by molar-refractivity contribution is 7.98. The second-order valence-electron chi connectivity index (χ2n) is 6.31. The lowest BCUT2D eigenvalue weighted by atomic mass is 10.1. The van der Waals surface area contributed by atoms with E-state index in [2.05, 4.69) is 0 Å². The third kappa shape index (κ3) is 4.51. The second kappa shape index (κ2) is 9.14. The molecule has 0 atom stereocenters. The summed E-state index contributed by atoms with van der Waals surface area (Å²) in [7, 11) is -2.28. The van der Waals surface area contributed by atoms with E-state index in [-0.39, 0.29) is 47.0 Å². The van der Waals surface area contributed by atoms with E-state index < -0.39 is 10.0 Å². The first-order valence-corrected chi connectivity index (χ1v) is 12.2.